The third-order valence-electron chi connectivity index (χ3n) is 6.85. The number of rotatable bonds is 3. The summed E-state index contributed by atoms with van der Waals surface area (Å²) in [6.07, 6.45) is 3.66. The van der Waals surface area contributed by atoms with Gasteiger partial charge in [0.15, 0.2) is 5.82 Å². The van der Waals surface area contributed by atoms with Gasteiger partial charge in [0.1, 0.15) is 17.2 Å². The summed E-state index contributed by atoms with van der Waals surface area (Å²) < 4.78 is 16.2. The van der Waals surface area contributed by atoms with Crippen molar-refractivity contribution in [1.82, 2.24) is 20.2 Å². The number of benzene rings is 2. The topological polar surface area (TPSA) is 57.7 Å². The first-order valence-corrected chi connectivity index (χ1v) is 11.5. The molecule has 2 unspecified atom stereocenters. The Kier molecular flexibility index (Phi) is 5.11. The summed E-state index contributed by atoms with van der Waals surface area (Å²) in [4.78, 5) is 11.8. The molecule has 6 heteroatoms. The van der Waals surface area contributed by atoms with Crippen LogP contribution in [0.25, 0.3) is 32.9 Å². The number of hydrogen-bond donors (Lipinski definition) is 1. The molecule has 166 valence electrons. The van der Waals surface area contributed by atoms with Crippen LogP contribution in [0.1, 0.15) is 44.1 Å². The molecule has 5 rings (SSSR count). The molecule has 0 amide bonds. The normalized spacial score (nSPS) is 19.2. The molecule has 0 aliphatic carbocycles. The van der Waals surface area contributed by atoms with Gasteiger partial charge in [-0.25, -0.2) is 14.4 Å². The lowest BCUT2D eigenvalue weighted by molar-refractivity contribution is 0.355. The predicted octanol–water partition coefficient (Wildman–Crippen LogP) is 5.97. The van der Waals surface area contributed by atoms with Crippen LogP contribution in [0.5, 0.6) is 0 Å². The average molecular weight is 432 g/mol. The number of piperidine rings is 1. The fourth-order valence-corrected chi connectivity index (χ4v) is 5.30. The summed E-state index contributed by atoms with van der Waals surface area (Å²) in [6.45, 7) is 12.6. The van der Waals surface area contributed by atoms with E-state index in [9.17, 15) is 0 Å². The lowest BCUT2D eigenvalue weighted by Gasteiger charge is -2.36. The summed E-state index contributed by atoms with van der Waals surface area (Å²) in [6, 6.07) is 5.95. The molecule has 3 heterocycles. The van der Waals surface area contributed by atoms with E-state index in [1.165, 1.54) is 6.42 Å². The van der Waals surface area contributed by atoms with Crippen molar-refractivity contribution in [2.75, 3.05) is 18.0 Å². The van der Waals surface area contributed by atoms with Gasteiger partial charge in [0.2, 0.25) is 0 Å². The molecular formula is C26H30FN5. The minimum atomic E-state index is -0.282. The summed E-state index contributed by atoms with van der Waals surface area (Å²) in [5, 5.41) is 8.94. The van der Waals surface area contributed by atoms with Crippen molar-refractivity contribution in [2.45, 2.75) is 47.5 Å². The fraction of sp³-hybridized carbons (Fsp3) is 0.423. The minimum Gasteiger partial charge on any atom is -0.355 e. The molecular weight excluding hydrogens is 401 g/mol. The highest BCUT2D eigenvalue weighted by Gasteiger charge is 2.26. The molecule has 1 saturated heterocycles. The zero-order chi connectivity index (χ0) is 22.6. The van der Waals surface area contributed by atoms with Crippen LogP contribution in [0, 0.1) is 31.5 Å². The highest BCUT2D eigenvalue weighted by atomic mass is 19.1. The van der Waals surface area contributed by atoms with Gasteiger partial charge in [-0.15, -0.1) is 0 Å². The Morgan fingerprint density at radius 1 is 1.09 bits per heavy atom. The first-order chi connectivity index (χ1) is 15.4. The smallest absolute Gasteiger partial charge is 0.157 e. The lowest BCUT2D eigenvalue weighted by Crippen LogP contribution is -2.39. The molecule has 5 nitrogen and oxygen atoms in total. The van der Waals surface area contributed by atoms with Crippen LogP contribution in [0.15, 0.2) is 24.4 Å². The van der Waals surface area contributed by atoms with E-state index < -0.39 is 0 Å². The quantitative estimate of drug-likeness (QED) is 0.434. The Labute approximate surface area is 188 Å². The minimum absolute atomic E-state index is 0.282. The van der Waals surface area contributed by atoms with Crippen molar-refractivity contribution in [3.8, 4) is 11.1 Å². The van der Waals surface area contributed by atoms with Gasteiger partial charge in [0, 0.05) is 35.8 Å². The third kappa shape index (κ3) is 3.33. The molecule has 2 aromatic heterocycles. The van der Waals surface area contributed by atoms with Crippen LogP contribution in [-0.2, 0) is 6.42 Å². The van der Waals surface area contributed by atoms with E-state index in [1.54, 1.807) is 6.20 Å². The van der Waals surface area contributed by atoms with E-state index >= 15 is 4.39 Å². The third-order valence-corrected chi connectivity index (χ3v) is 6.85. The van der Waals surface area contributed by atoms with Crippen LogP contribution in [-0.4, -0.2) is 33.3 Å². The number of nitrogens with zero attached hydrogens (tertiary/aromatic N) is 4. The number of hydrogen-bond acceptors (Lipinski definition) is 4. The summed E-state index contributed by atoms with van der Waals surface area (Å²) in [7, 11) is 0. The van der Waals surface area contributed by atoms with Crippen molar-refractivity contribution in [2.24, 2.45) is 11.8 Å². The summed E-state index contributed by atoms with van der Waals surface area (Å²) in [5.41, 5.74) is 4.93. The van der Waals surface area contributed by atoms with Gasteiger partial charge in [0.25, 0.3) is 0 Å². The molecule has 1 aliphatic heterocycles. The highest BCUT2D eigenvalue weighted by Crippen LogP contribution is 2.39. The van der Waals surface area contributed by atoms with Gasteiger partial charge in [-0.1, -0.05) is 26.8 Å². The number of fused-ring (bicyclic) bond motifs is 2. The zero-order valence-corrected chi connectivity index (χ0v) is 19.5. The lowest BCUT2D eigenvalue weighted by atomic mass is 9.91. The monoisotopic (exact) mass is 431 g/mol. The molecule has 1 aliphatic rings. The molecule has 1 fully saturated rings. The Morgan fingerprint density at radius 3 is 2.56 bits per heavy atom. The first kappa shape index (κ1) is 20.9. The van der Waals surface area contributed by atoms with Gasteiger partial charge in [-0.2, -0.15) is 5.10 Å². The average Bonchev–Trinajstić information content (AvgIpc) is 3.22. The Balaban J connectivity index is 1.75. The standard InChI is InChI=1S/C26H30FN5/c1-6-22-29-25-19(26(30-22)32-12-14(2)9-15(3)13-32)8-7-18(24(25)27)23-17(5)16(4)10-21-20(23)11-28-31-21/h7-8,10-11,14-15H,6,9,12-13H2,1-5H3,(H,28,31). The van der Waals surface area contributed by atoms with E-state index in [0.717, 1.165) is 51.9 Å². The van der Waals surface area contributed by atoms with E-state index in [0.29, 0.717) is 35.2 Å². The maximum Gasteiger partial charge on any atom is 0.157 e. The number of aromatic amines is 1. The first-order valence-electron chi connectivity index (χ1n) is 11.5. The molecule has 0 saturated carbocycles. The van der Waals surface area contributed by atoms with Gasteiger partial charge >= 0.3 is 0 Å². The van der Waals surface area contributed by atoms with Crippen LogP contribution < -0.4 is 4.90 Å². The highest BCUT2D eigenvalue weighted by molar-refractivity contribution is 6.00. The van der Waals surface area contributed by atoms with Crippen molar-refractivity contribution in [3.63, 3.8) is 0 Å². The van der Waals surface area contributed by atoms with E-state index in [4.69, 9.17) is 4.98 Å². The molecule has 0 radical (unpaired) electrons. The number of H-pyrrole nitrogens is 1. The number of aryl methyl sites for hydroxylation is 2. The maximum atomic E-state index is 16.2. The van der Waals surface area contributed by atoms with Crippen LogP contribution in [0.3, 0.4) is 0 Å². The number of halogens is 1. The largest absolute Gasteiger partial charge is 0.355 e. The predicted molar refractivity (Wildman–Crippen MR) is 129 cm³/mol. The molecule has 2 atom stereocenters. The molecule has 4 aromatic rings. The van der Waals surface area contributed by atoms with Crippen LogP contribution >= 0.6 is 0 Å². The second kappa shape index (κ2) is 7.84. The Hall–Kier alpha value is -3.02. The fourth-order valence-electron chi connectivity index (χ4n) is 5.30. The van der Waals surface area contributed by atoms with Crippen molar-refractivity contribution in [1.29, 1.82) is 0 Å². The van der Waals surface area contributed by atoms with E-state index in [-0.39, 0.29) is 5.82 Å². The Bertz CT molecular complexity index is 1320. The van der Waals surface area contributed by atoms with E-state index in [2.05, 4.69) is 40.0 Å². The zero-order valence-electron chi connectivity index (χ0n) is 19.5. The molecule has 2 aromatic carbocycles. The van der Waals surface area contributed by atoms with Gasteiger partial charge in [-0.05, 0) is 60.9 Å². The summed E-state index contributed by atoms with van der Waals surface area (Å²) >= 11 is 0. The maximum absolute atomic E-state index is 16.2. The van der Waals surface area contributed by atoms with E-state index in [1.807, 2.05) is 32.9 Å². The Morgan fingerprint density at radius 2 is 1.84 bits per heavy atom. The number of nitrogens with one attached hydrogen (secondary N) is 1. The second-order valence-corrected chi connectivity index (χ2v) is 9.52. The van der Waals surface area contributed by atoms with Gasteiger partial charge in [0.05, 0.1) is 11.7 Å². The summed E-state index contributed by atoms with van der Waals surface area (Å²) in [5.74, 6) is 2.44. The molecule has 0 spiro atoms. The van der Waals surface area contributed by atoms with Crippen LogP contribution in [0.4, 0.5) is 10.2 Å². The van der Waals surface area contributed by atoms with Crippen molar-refractivity contribution < 1.29 is 4.39 Å². The number of aromatic nitrogens is 4. The molecule has 0 bridgehead atoms. The number of anilines is 1. The van der Waals surface area contributed by atoms with Crippen molar-refractivity contribution >= 4 is 27.6 Å². The van der Waals surface area contributed by atoms with Crippen LogP contribution in [0.2, 0.25) is 0 Å². The van der Waals surface area contributed by atoms with Gasteiger partial charge < -0.3 is 4.90 Å². The second-order valence-electron chi connectivity index (χ2n) is 9.52. The van der Waals surface area contributed by atoms with Crippen molar-refractivity contribution in [3.05, 3.63) is 47.2 Å². The SMILES string of the molecule is CCc1nc(N2CC(C)CC(C)C2)c2ccc(-c3c(C)c(C)cc4[nH]ncc34)c(F)c2n1. The van der Waals surface area contributed by atoms with Gasteiger partial charge in [-0.3, -0.25) is 5.10 Å². The molecule has 32 heavy (non-hydrogen) atoms. The molecule has 1 N–H and O–H groups in total.